The number of aliphatic hydroxyl groups is 1. The fraction of sp³-hybridized carbons (Fsp3) is 0.552. The molecule has 210 valence electrons. The van der Waals surface area contributed by atoms with E-state index in [9.17, 15) is 18.3 Å². The van der Waals surface area contributed by atoms with Crippen molar-refractivity contribution in [1.82, 2.24) is 4.90 Å². The fourth-order valence-corrected chi connectivity index (χ4v) is 4.97. The Morgan fingerprint density at radius 3 is 2.34 bits per heavy atom. The molecule has 0 spiro atoms. The Morgan fingerprint density at radius 2 is 1.74 bits per heavy atom. The average molecular weight is 551 g/mol. The van der Waals surface area contributed by atoms with Crippen LogP contribution in [0.3, 0.4) is 0 Å². The van der Waals surface area contributed by atoms with Gasteiger partial charge in [-0.3, -0.25) is 4.18 Å². The maximum Gasteiger partial charge on any atom is 0.338 e. The summed E-state index contributed by atoms with van der Waals surface area (Å²) in [4.78, 5) is 17.4. The summed E-state index contributed by atoms with van der Waals surface area (Å²) in [5, 5.41) is 10.1. The Kier molecular flexibility index (Phi) is 8.45. The minimum atomic E-state index is -4.48. The number of nitrogens with zero attached hydrogens (tertiary/aromatic N) is 2. The summed E-state index contributed by atoms with van der Waals surface area (Å²) < 4.78 is 68.7. The van der Waals surface area contributed by atoms with Gasteiger partial charge in [-0.1, -0.05) is 17.7 Å². The summed E-state index contributed by atoms with van der Waals surface area (Å²) >= 11 is 0. The standard InChI is InChI=1S/C29H42N2O6S/c1-22-6-9-26(10-7-22)38(34,35)36-19-13-23(12-18-32)20-24-21-25(31-16-14-30(5)15-17-31)8-11-27(24)28(33)37-29(2,3)4/h6-11,21,23,32H,12-20H2,1-5H3/i18D2,19D2. The van der Waals surface area contributed by atoms with Crippen LogP contribution < -0.4 is 4.90 Å². The number of carbonyl (C=O) groups is 1. The van der Waals surface area contributed by atoms with Crippen LogP contribution in [0.1, 0.15) is 60.6 Å². The number of esters is 1. The van der Waals surface area contributed by atoms with Gasteiger partial charge in [0.15, 0.2) is 0 Å². The van der Waals surface area contributed by atoms with Gasteiger partial charge in [-0.25, -0.2) is 4.79 Å². The Hall–Kier alpha value is -2.46. The Labute approximate surface area is 233 Å². The quantitative estimate of drug-likeness (QED) is 0.331. The van der Waals surface area contributed by atoms with Gasteiger partial charge in [0.1, 0.15) is 5.60 Å². The van der Waals surface area contributed by atoms with Crippen LogP contribution in [0.4, 0.5) is 5.69 Å². The van der Waals surface area contributed by atoms with Crippen LogP contribution >= 0.6 is 0 Å². The molecular weight excluding hydrogens is 504 g/mol. The van der Waals surface area contributed by atoms with Gasteiger partial charge in [0.25, 0.3) is 10.1 Å². The van der Waals surface area contributed by atoms with Gasteiger partial charge in [-0.15, -0.1) is 0 Å². The molecule has 0 aromatic heterocycles. The van der Waals surface area contributed by atoms with Crippen molar-refractivity contribution in [2.75, 3.05) is 51.2 Å². The number of likely N-dealkylation sites (N-methyl/N-ethyl adjacent to an activating group) is 1. The number of hydrogen-bond donors (Lipinski definition) is 1. The molecule has 3 rings (SSSR count). The monoisotopic (exact) mass is 550 g/mol. The summed E-state index contributed by atoms with van der Waals surface area (Å²) in [6.07, 6.45) is -1.12. The molecular formula is C29H42N2O6S. The van der Waals surface area contributed by atoms with Gasteiger partial charge in [0, 0.05) is 38.4 Å². The Morgan fingerprint density at radius 1 is 1.08 bits per heavy atom. The lowest BCUT2D eigenvalue weighted by molar-refractivity contribution is 0.00681. The van der Waals surface area contributed by atoms with E-state index < -0.39 is 53.6 Å². The molecule has 8 nitrogen and oxygen atoms in total. The van der Waals surface area contributed by atoms with Gasteiger partial charge in [0.05, 0.1) is 22.5 Å². The molecule has 1 fully saturated rings. The Balaban J connectivity index is 1.95. The molecule has 2 aromatic rings. The molecule has 1 atom stereocenters. The first kappa shape index (κ1) is 24.6. The third-order valence-corrected chi connectivity index (χ3v) is 7.50. The fourth-order valence-electron chi connectivity index (χ4n) is 4.18. The predicted octanol–water partition coefficient (Wildman–Crippen LogP) is 4.04. The highest BCUT2D eigenvalue weighted by Gasteiger charge is 2.24. The molecule has 1 aliphatic heterocycles. The van der Waals surface area contributed by atoms with Gasteiger partial charge in [0.2, 0.25) is 0 Å². The average Bonchev–Trinajstić information content (AvgIpc) is 2.81. The van der Waals surface area contributed by atoms with Crippen molar-refractivity contribution < 1.29 is 32.7 Å². The second-order valence-corrected chi connectivity index (χ2v) is 12.3. The highest BCUT2D eigenvalue weighted by atomic mass is 32.2. The molecule has 0 saturated carbocycles. The zero-order valence-corrected chi connectivity index (χ0v) is 23.7. The maximum absolute atomic E-state index is 13.2. The smallest absolute Gasteiger partial charge is 0.338 e. The Bertz CT molecular complexity index is 1330. The first-order valence-electron chi connectivity index (χ1n) is 14.8. The van der Waals surface area contributed by atoms with Gasteiger partial charge < -0.3 is 19.6 Å². The van der Waals surface area contributed by atoms with Gasteiger partial charge in [-0.05, 0) is 95.8 Å². The van der Waals surface area contributed by atoms with E-state index in [2.05, 4.69) is 9.80 Å². The number of piperazine rings is 1. The SMILES string of the molecule is [2H]C([2H])(O)CC(Cc1cc(N2CCN(C)CC2)ccc1C(=O)OC(C)(C)C)CC([2H])([2H])OS(=O)(=O)c1ccc(C)cc1. The number of aryl methyl sites for hydroxylation is 1. The van der Waals surface area contributed by atoms with E-state index >= 15 is 0 Å². The summed E-state index contributed by atoms with van der Waals surface area (Å²) in [5.74, 6) is -1.54. The van der Waals surface area contributed by atoms with Crippen molar-refractivity contribution in [3.8, 4) is 0 Å². The highest BCUT2D eigenvalue weighted by Crippen LogP contribution is 2.27. The van der Waals surface area contributed by atoms with Crippen LogP contribution in [0.15, 0.2) is 47.4 Å². The number of anilines is 1. The van der Waals surface area contributed by atoms with Crippen molar-refractivity contribution >= 4 is 21.8 Å². The van der Waals surface area contributed by atoms with Crippen molar-refractivity contribution in [3.63, 3.8) is 0 Å². The third-order valence-electron chi connectivity index (χ3n) is 6.31. The number of benzene rings is 2. The second kappa shape index (κ2) is 13.1. The molecule has 1 N–H and O–H groups in total. The van der Waals surface area contributed by atoms with E-state index in [1.807, 2.05) is 19.2 Å². The van der Waals surface area contributed by atoms with Crippen LogP contribution in [-0.2, 0) is 25.5 Å². The van der Waals surface area contributed by atoms with Crippen LogP contribution in [0.2, 0.25) is 0 Å². The van der Waals surface area contributed by atoms with Crippen LogP contribution in [-0.4, -0.2) is 76.3 Å². The highest BCUT2D eigenvalue weighted by molar-refractivity contribution is 7.86. The topological polar surface area (TPSA) is 96.4 Å². The van der Waals surface area contributed by atoms with Crippen LogP contribution in [0.25, 0.3) is 0 Å². The lowest BCUT2D eigenvalue weighted by Gasteiger charge is -2.34. The minimum Gasteiger partial charge on any atom is -0.456 e. The summed E-state index contributed by atoms with van der Waals surface area (Å²) in [7, 11) is -2.44. The van der Waals surface area contributed by atoms with Crippen molar-refractivity contribution in [3.05, 3.63) is 59.2 Å². The molecule has 0 aliphatic carbocycles. The summed E-state index contributed by atoms with van der Waals surface area (Å²) in [6.45, 7) is 4.82. The van der Waals surface area contributed by atoms with E-state index in [1.165, 1.54) is 12.1 Å². The van der Waals surface area contributed by atoms with Crippen molar-refractivity contribution in [2.45, 2.75) is 57.5 Å². The predicted molar refractivity (Wildman–Crippen MR) is 149 cm³/mol. The van der Waals surface area contributed by atoms with Crippen molar-refractivity contribution in [2.24, 2.45) is 5.92 Å². The molecule has 0 bridgehead atoms. The molecule has 1 heterocycles. The van der Waals surface area contributed by atoms with E-state index in [0.29, 0.717) is 5.56 Å². The first-order valence-corrected chi connectivity index (χ1v) is 14.2. The van der Waals surface area contributed by atoms with Gasteiger partial charge in [-0.2, -0.15) is 8.42 Å². The first-order chi connectivity index (χ1) is 19.2. The van der Waals surface area contributed by atoms with Gasteiger partial charge >= 0.3 is 5.97 Å². The van der Waals surface area contributed by atoms with Crippen LogP contribution in [0, 0.1) is 12.8 Å². The molecule has 1 saturated heterocycles. The molecule has 1 unspecified atom stereocenters. The molecule has 0 radical (unpaired) electrons. The normalized spacial score (nSPS) is 18.2. The zero-order chi connectivity index (χ0) is 31.5. The van der Waals surface area contributed by atoms with Crippen LogP contribution in [0.5, 0.6) is 0 Å². The summed E-state index contributed by atoms with van der Waals surface area (Å²) in [6, 6.07) is 11.1. The van der Waals surface area contributed by atoms with E-state index in [4.69, 9.17) is 14.4 Å². The van der Waals surface area contributed by atoms with Crippen molar-refractivity contribution in [1.29, 1.82) is 0 Å². The lowest BCUT2D eigenvalue weighted by Crippen LogP contribution is -2.44. The maximum atomic E-state index is 13.2. The van der Waals surface area contributed by atoms with E-state index in [0.717, 1.165) is 37.4 Å². The number of ether oxygens (including phenoxy) is 1. The summed E-state index contributed by atoms with van der Waals surface area (Å²) in [5.41, 5.74) is 1.61. The number of hydrogen-bond acceptors (Lipinski definition) is 8. The number of carbonyl (C=O) groups excluding carboxylic acids is 1. The van der Waals surface area contributed by atoms with E-state index in [-0.39, 0.29) is 16.9 Å². The third kappa shape index (κ3) is 8.80. The lowest BCUT2D eigenvalue weighted by atomic mass is 9.90. The largest absolute Gasteiger partial charge is 0.456 e. The molecule has 0 amide bonds. The molecule has 38 heavy (non-hydrogen) atoms. The second-order valence-electron chi connectivity index (χ2n) is 10.8. The molecule has 9 heteroatoms. The minimum absolute atomic E-state index is 0.0380. The molecule has 2 aromatic carbocycles. The molecule has 1 aliphatic rings. The number of rotatable bonds is 11. The zero-order valence-electron chi connectivity index (χ0n) is 26.9. The van der Waals surface area contributed by atoms with E-state index in [1.54, 1.807) is 45.9 Å².